The van der Waals surface area contributed by atoms with E-state index in [1.54, 1.807) is 18.2 Å². The summed E-state index contributed by atoms with van der Waals surface area (Å²) in [7, 11) is -3.93. The Bertz CT molecular complexity index is 2100. The van der Waals surface area contributed by atoms with Crippen molar-refractivity contribution in [1.82, 2.24) is 24.8 Å². The molecule has 1 aromatic carbocycles. The molecule has 1 saturated heterocycles. The Balaban J connectivity index is 1.16. The number of nitrogens with zero attached hydrogens (tertiary/aromatic N) is 3. The van der Waals surface area contributed by atoms with Crippen LogP contribution in [-0.4, -0.2) is 100 Å². The van der Waals surface area contributed by atoms with Gasteiger partial charge in [-0.1, -0.05) is 50.6 Å². The van der Waals surface area contributed by atoms with Gasteiger partial charge in [0.05, 0.1) is 18.4 Å². The fraction of sp³-hybridized carbons (Fsp3) is 0.643. The summed E-state index contributed by atoms with van der Waals surface area (Å²) in [6.45, 7) is 6.33. The molecule has 4 saturated carbocycles. The van der Waals surface area contributed by atoms with Gasteiger partial charge >= 0.3 is 6.09 Å². The molecule has 314 valence electrons. The van der Waals surface area contributed by atoms with E-state index in [1.807, 2.05) is 32.1 Å². The standard InChI is InChI=1S/C42H54ClN5O9S/c1-4-14-56-35-20-32-31(10-7-11-33(32)43)38(44-35)57-29-19-34-37(49)45-42(40(51)46-58(54,55)30-12-13-30)21-27(42)9-6-5-8-23(2)15-24(3)36(39(50)47(34)22-29)48(41(52)53)28-17-25-16-26(25)18-28/h6-7,9-11,20,23-30,34,36H,4-5,8,12-19,21-22H2,1-3H3,(H,45,49)(H,46,51)(H,52,53)/b9-6-/t23-,24+,25-,26?,27+,28?,29+,34-,36-,42+/m0/s1. The summed E-state index contributed by atoms with van der Waals surface area (Å²) in [5.74, 6) is -1.24. The average molecular weight is 840 g/mol. The molecule has 0 radical (unpaired) electrons. The SMILES string of the molecule is CCCOc1cc2c(Cl)cccc2c(O[C@@H]2C[C@H]3C(=O)N[C@]4(C(=O)NS(=O)(=O)C5CC5)C[C@H]4/C=C\CC[C@H](C)C[C@@H](C)[C@H](N(C(=O)O)C4CC5C[C@H]5C4)C(=O)N3C2)n1. The van der Waals surface area contributed by atoms with Gasteiger partial charge in [-0.05, 0) is 100 Å². The Morgan fingerprint density at radius 1 is 1.09 bits per heavy atom. The maximum atomic E-state index is 15.3. The van der Waals surface area contributed by atoms with Gasteiger partial charge in [0.1, 0.15) is 23.7 Å². The van der Waals surface area contributed by atoms with Crippen LogP contribution in [0.15, 0.2) is 36.4 Å². The van der Waals surface area contributed by atoms with Gasteiger partial charge in [-0.2, -0.15) is 4.98 Å². The van der Waals surface area contributed by atoms with E-state index < -0.39 is 68.7 Å². The van der Waals surface area contributed by atoms with Crippen molar-refractivity contribution < 1.29 is 42.2 Å². The summed E-state index contributed by atoms with van der Waals surface area (Å²) in [5.41, 5.74) is -1.54. The second-order valence-corrected chi connectivity index (χ2v) is 20.1. The zero-order chi connectivity index (χ0) is 41.1. The zero-order valence-corrected chi connectivity index (χ0v) is 34.8. The normalized spacial score (nSPS) is 34.1. The molecule has 5 fully saturated rings. The molecule has 10 atom stereocenters. The largest absolute Gasteiger partial charge is 0.478 e. The molecular weight excluding hydrogens is 786 g/mol. The first-order chi connectivity index (χ1) is 27.7. The van der Waals surface area contributed by atoms with Gasteiger partial charge in [0.2, 0.25) is 33.6 Å². The minimum absolute atomic E-state index is 0.00190. The number of rotatable bonds is 10. The van der Waals surface area contributed by atoms with E-state index in [4.69, 9.17) is 21.1 Å². The van der Waals surface area contributed by atoms with Crippen LogP contribution in [-0.2, 0) is 24.4 Å². The Hall–Kier alpha value is -4.11. The number of nitrogens with one attached hydrogen (secondary N) is 2. The quantitative estimate of drug-likeness (QED) is 0.252. The maximum absolute atomic E-state index is 15.3. The zero-order valence-electron chi connectivity index (χ0n) is 33.3. The van der Waals surface area contributed by atoms with Crippen molar-refractivity contribution >= 4 is 56.2 Å². The molecule has 3 N–H and O–H groups in total. The van der Waals surface area contributed by atoms with Crippen molar-refractivity contribution in [1.29, 1.82) is 0 Å². The van der Waals surface area contributed by atoms with Crippen LogP contribution in [0.5, 0.6) is 11.8 Å². The van der Waals surface area contributed by atoms with Crippen molar-refractivity contribution in [2.75, 3.05) is 13.2 Å². The number of halogens is 1. The molecular formula is C42H54ClN5O9S. The van der Waals surface area contributed by atoms with Crippen LogP contribution < -0.4 is 19.5 Å². The lowest BCUT2D eigenvalue weighted by molar-refractivity contribution is -0.145. The topological polar surface area (TPSA) is 185 Å². The van der Waals surface area contributed by atoms with Gasteiger partial charge in [0.15, 0.2) is 0 Å². The molecule has 4 amide bonds. The highest BCUT2D eigenvalue weighted by Crippen LogP contribution is 2.54. The lowest BCUT2D eigenvalue weighted by atomic mass is 9.86. The van der Waals surface area contributed by atoms with Crippen molar-refractivity contribution in [3.63, 3.8) is 0 Å². The molecule has 1 aromatic heterocycles. The number of ether oxygens (including phenoxy) is 2. The summed E-state index contributed by atoms with van der Waals surface area (Å²) in [5, 5.41) is 14.8. The van der Waals surface area contributed by atoms with Gasteiger partial charge in [-0.25, -0.2) is 13.2 Å². The first-order valence-corrected chi connectivity index (χ1v) is 22.9. The highest BCUT2D eigenvalue weighted by atomic mass is 35.5. The second-order valence-electron chi connectivity index (χ2n) is 17.7. The summed E-state index contributed by atoms with van der Waals surface area (Å²) in [6, 6.07) is 4.51. The van der Waals surface area contributed by atoms with Crippen LogP contribution in [0.25, 0.3) is 10.8 Å². The molecule has 2 aromatic rings. The Morgan fingerprint density at radius 3 is 2.55 bits per heavy atom. The molecule has 3 heterocycles. The fourth-order valence-electron chi connectivity index (χ4n) is 9.80. The third kappa shape index (κ3) is 8.09. The van der Waals surface area contributed by atoms with Crippen molar-refractivity contribution in [2.45, 2.75) is 126 Å². The van der Waals surface area contributed by atoms with E-state index in [9.17, 15) is 27.9 Å². The van der Waals surface area contributed by atoms with Crippen LogP contribution in [0.2, 0.25) is 5.02 Å². The van der Waals surface area contributed by atoms with Crippen LogP contribution in [0.1, 0.15) is 91.4 Å². The Labute approximate surface area is 344 Å². The first kappa shape index (κ1) is 40.7. The fourth-order valence-corrected chi connectivity index (χ4v) is 11.4. The van der Waals surface area contributed by atoms with Crippen LogP contribution in [0.3, 0.4) is 0 Å². The number of fused-ring (bicyclic) bond motifs is 4. The van der Waals surface area contributed by atoms with E-state index >= 15 is 4.79 Å². The first-order valence-electron chi connectivity index (χ1n) is 20.9. The number of carbonyl (C=O) groups excluding carboxylic acids is 3. The number of pyridine rings is 1. The molecule has 2 unspecified atom stereocenters. The maximum Gasteiger partial charge on any atom is 0.408 e. The van der Waals surface area contributed by atoms with Crippen LogP contribution >= 0.6 is 11.6 Å². The number of aromatic nitrogens is 1. The third-order valence-corrected chi connectivity index (χ3v) is 15.3. The second kappa shape index (κ2) is 15.8. The average Bonchev–Trinajstić information content (AvgIpc) is 4.14. The van der Waals surface area contributed by atoms with Gasteiger partial charge in [0, 0.05) is 40.2 Å². The predicted octanol–water partition coefficient (Wildman–Crippen LogP) is 5.67. The molecule has 58 heavy (non-hydrogen) atoms. The molecule has 14 nitrogen and oxygen atoms in total. The Morgan fingerprint density at radius 2 is 1.84 bits per heavy atom. The van der Waals surface area contributed by atoms with E-state index in [2.05, 4.69) is 21.9 Å². The summed E-state index contributed by atoms with van der Waals surface area (Å²) >= 11 is 6.62. The number of carboxylic acid groups (broad SMARTS) is 1. The highest BCUT2D eigenvalue weighted by Gasteiger charge is 2.62. The molecule has 2 aliphatic heterocycles. The number of benzene rings is 1. The van der Waals surface area contributed by atoms with E-state index in [1.165, 1.54) is 9.80 Å². The van der Waals surface area contributed by atoms with Gasteiger partial charge in [-0.15, -0.1) is 0 Å². The van der Waals surface area contributed by atoms with Crippen LogP contribution in [0.4, 0.5) is 4.79 Å². The number of carbonyl (C=O) groups is 4. The number of sulfonamides is 1. The summed E-state index contributed by atoms with van der Waals surface area (Å²) < 4.78 is 40.7. The van der Waals surface area contributed by atoms with E-state index in [-0.39, 0.29) is 43.1 Å². The molecule has 4 aliphatic carbocycles. The summed E-state index contributed by atoms with van der Waals surface area (Å²) in [4.78, 5) is 64.6. The monoisotopic (exact) mass is 839 g/mol. The van der Waals surface area contributed by atoms with Crippen molar-refractivity contribution in [3.8, 4) is 11.8 Å². The lowest BCUT2D eigenvalue weighted by Crippen LogP contribution is -2.61. The summed E-state index contributed by atoms with van der Waals surface area (Å²) in [6.07, 6.45) is 8.21. The van der Waals surface area contributed by atoms with E-state index in [0.717, 1.165) is 19.3 Å². The smallest absolute Gasteiger partial charge is 0.408 e. The van der Waals surface area contributed by atoms with Crippen LogP contribution in [0, 0.1) is 29.6 Å². The molecule has 16 heteroatoms. The third-order valence-electron chi connectivity index (χ3n) is 13.2. The molecule has 0 bridgehead atoms. The number of amides is 4. The minimum atomic E-state index is -3.93. The molecule has 0 spiro atoms. The van der Waals surface area contributed by atoms with Gasteiger partial charge in [0.25, 0.3) is 5.91 Å². The number of hydrogen-bond donors (Lipinski definition) is 3. The molecule has 8 rings (SSSR count). The van der Waals surface area contributed by atoms with Gasteiger partial charge in [-0.3, -0.25) is 24.0 Å². The van der Waals surface area contributed by atoms with Crippen molar-refractivity contribution in [2.24, 2.45) is 29.6 Å². The highest BCUT2D eigenvalue weighted by molar-refractivity contribution is 7.91. The van der Waals surface area contributed by atoms with Crippen molar-refractivity contribution in [3.05, 3.63) is 41.4 Å². The number of allylic oxidation sites excluding steroid dienone is 1. The Kier molecular flexibility index (Phi) is 11.1. The van der Waals surface area contributed by atoms with E-state index in [0.29, 0.717) is 78.6 Å². The lowest BCUT2D eigenvalue weighted by Gasteiger charge is -2.40. The predicted molar refractivity (Wildman–Crippen MR) is 216 cm³/mol. The van der Waals surface area contributed by atoms with Gasteiger partial charge < -0.3 is 24.8 Å². The minimum Gasteiger partial charge on any atom is -0.478 e. The molecule has 6 aliphatic rings. The number of hydrogen-bond acceptors (Lipinski definition) is 9.